The highest BCUT2D eigenvalue weighted by atomic mass is 19.3. The number of alkyl halides is 2. The van der Waals surface area contributed by atoms with Gasteiger partial charge in [-0.1, -0.05) is 0 Å². The smallest absolute Gasteiger partial charge is 0.275 e. The Morgan fingerprint density at radius 2 is 1.80 bits per heavy atom. The highest BCUT2D eigenvalue weighted by Gasteiger charge is 2.37. The monoisotopic (exact) mass is 488 g/mol. The van der Waals surface area contributed by atoms with Crippen molar-refractivity contribution in [2.45, 2.75) is 57.5 Å². The summed E-state index contributed by atoms with van der Waals surface area (Å²) >= 11 is 0. The molecule has 2 aromatic heterocycles. The number of ether oxygens (including phenoxy) is 1. The molecule has 1 saturated carbocycles. The number of carbonyl (C=O) groups excluding carboxylic acids is 1. The number of amides is 1. The minimum absolute atomic E-state index is 0.0447. The number of nitrogens with one attached hydrogen (secondary N) is 1. The van der Waals surface area contributed by atoms with Crippen LogP contribution in [-0.4, -0.2) is 32.9 Å². The fourth-order valence-corrected chi connectivity index (χ4v) is 4.07. The van der Waals surface area contributed by atoms with Gasteiger partial charge in [-0.25, -0.2) is 27.5 Å². The van der Waals surface area contributed by atoms with Crippen molar-refractivity contribution in [2.24, 2.45) is 0 Å². The molecule has 0 spiro atoms. The predicted molar refractivity (Wildman–Crippen MR) is 121 cm³/mol. The molecular weight excluding hydrogens is 464 g/mol. The number of pyridine rings is 1. The minimum Gasteiger partial charge on any atom is -0.474 e. The molecule has 1 aliphatic rings. The molecule has 0 saturated heterocycles. The van der Waals surface area contributed by atoms with E-state index in [0.717, 1.165) is 18.2 Å². The number of benzene rings is 1. The fraction of sp³-hybridized carbons (Fsp3) is 0.360. The Morgan fingerprint density at radius 3 is 2.46 bits per heavy atom. The molecule has 10 heteroatoms. The zero-order valence-corrected chi connectivity index (χ0v) is 19.2. The largest absolute Gasteiger partial charge is 0.474 e. The van der Waals surface area contributed by atoms with Gasteiger partial charge in [-0.3, -0.25) is 9.78 Å². The van der Waals surface area contributed by atoms with E-state index in [0.29, 0.717) is 5.69 Å². The number of rotatable bonds is 6. The Labute approximate surface area is 199 Å². The fourth-order valence-electron chi connectivity index (χ4n) is 4.07. The summed E-state index contributed by atoms with van der Waals surface area (Å²) in [6.45, 7) is 3.64. The summed E-state index contributed by atoms with van der Waals surface area (Å²) in [6.07, 6.45) is 3.42. The maximum absolute atomic E-state index is 14.7. The van der Waals surface area contributed by atoms with E-state index in [1.54, 1.807) is 0 Å². The lowest BCUT2D eigenvalue weighted by atomic mass is 9.83. The molecule has 0 radical (unpaired) electrons. The van der Waals surface area contributed by atoms with Crippen LogP contribution in [0.3, 0.4) is 0 Å². The molecule has 1 amide bonds. The second-order valence-corrected chi connectivity index (χ2v) is 8.73. The van der Waals surface area contributed by atoms with Crippen LogP contribution >= 0.6 is 0 Å². The lowest BCUT2D eigenvalue weighted by Gasteiger charge is -2.29. The third-order valence-corrected chi connectivity index (χ3v) is 5.76. The topological polar surface area (TPSA) is 77.0 Å². The van der Waals surface area contributed by atoms with Gasteiger partial charge in [0.15, 0.2) is 0 Å². The first-order valence-corrected chi connectivity index (χ1v) is 11.2. The molecule has 4 rings (SSSR count). The van der Waals surface area contributed by atoms with Crippen LogP contribution in [-0.2, 0) is 0 Å². The summed E-state index contributed by atoms with van der Waals surface area (Å²) in [4.78, 5) is 25.5. The van der Waals surface area contributed by atoms with E-state index in [2.05, 4.69) is 20.3 Å². The van der Waals surface area contributed by atoms with Gasteiger partial charge in [0.1, 0.15) is 17.3 Å². The maximum Gasteiger partial charge on any atom is 0.275 e. The van der Waals surface area contributed by atoms with Crippen LogP contribution in [0.1, 0.15) is 61.6 Å². The van der Waals surface area contributed by atoms with Crippen LogP contribution in [0.25, 0.3) is 11.1 Å². The van der Waals surface area contributed by atoms with E-state index < -0.39 is 29.4 Å². The van der Waals surface area contributed by atoms with Gasteiger partial charge in [0.25, 0.3) is 5.91 Å². The summed E-state index contributed by atoms with van der Waals surface area (Å²) in [6, 6.07) is 4.42. The predicted octanol–water partition coefficient (Wildman–Crippen LogP) is 6.15. The average molecular weight is 488 g/mol. The first-order valence-electron chi connectivity index (χ1n) is 11.2. The first kappa shape index (κ1) is 24.6. The SMILES string of the molecule is CC(C)Oc1cnc(C(=O)Nc2c(-c3cc(F)ccc3F)ccnc2C2CCC(F)(F)CC2)cn1. The van der Waals surface area contributed by atoms with Crippen LogP contribution in [0.2, 0.25) is 0 Å². The summed E-state index contributed by atoms with van der Waals surface area (Å²) in [7, 11) is 0. The van der Waals surface area contributed by atoms with E-state index in [9.17, 15) is 22.4 Å². The molecule has 1 aliphatic carbocycles. The van der Waals surface area contributed by atoms with Gasteiger partial charge >= 0.3 is 0 Å². The second-order valence-electron chi connectivity index (χ2n) is 8.73. The normalized spacial score (nSPS) is 15.7. The van der Waals surface area contributed by atoms with E-state index in [1.165, 1.54) is 24.7 Å². The van der Waals surface area contributed by atoms with Gasteiger partial charge < -0.3 is 10.1 Å². The Morgan fingerprint density at radius 1 is 1.06 bits per heavy atom. The van der Waals surface area contributed by atoms with Crippen LogP contribution in [0.15, 0.2) is 42.9 Å². The van der Waals surface area contributed by atoms with Crippen molar-refractivity contribution in [3.63, 3.8) is 0 Å². The van der Waals surface area contributed by atoms with Gasteiger partial charge in [-0.2, -0.15) is 0 Å². The molecule has 35 heavy (non-hydrogen) atoms. The quantitative estimate of drug-likeness (QED) is 0.421. The molecule has 1 aromatic carbocycles. The number of aromatic nitrogens is 3. The van der Waals surface area contributed by atoms with E-state index in [1.807, 2.05) is 13.8 Å². The highest BCUT2D eigenvalue weighted by molar-refractivity contribution is 6.05. The van der Waals surface area contributed by atoms with Crippen molar-refractivity contribution in [2.75, 3.05) is 5.32 Å². The summed E-state index contributed by atoms with van der Waals surface area (Å²) in [5, 5.41) is 2.70. The molecule has 2 heterocycles. The number of anilines is 1. The standard InChI is InChI=1S/C25H24F4N4O2/c1-14(2)35-21-13-31-20(12-32-21)24(34)33-23-17(18-11-16(26)3-4-19(18)27)7-10-30-22(23)15-5-8-25(28,29)9-6-15/h3-4,7,10-15H,5-6,8-9H2,1-2H3,(H,33,34). The van der Waals surface area contributed by atoms with Crippen LogP contribution in [0, 0.1) is 11.6 Å². The van der Waals surface area contributed by atoms with Crippen molar-refractivity contribution >= 4 is 11.6 Å². The van der Waals surface area contributed by atoms with Crippen molar-refractivity contribution in [1.29, 1.82) is 0 Å². The maximum atomic E-state index is 14.7. The Kier molecular flexibility index (Phi) is 7.00. The Bertz CT molecular complexity index is 1210. The molecule has 0 bridgehead atoms. The van der Waals surface area contributed by atoms with E-state index >= 15 is 0 Å². The van der Waals surface area contributed by atoms with E-state index in [-0.39, 0.29) is 60.2 Å². The third-order valence-electron chi connectivity index (χ3n) is 5.76. The number of carbonyl (C=O) groups is 1. The van der Waals surface area contributed by atoms with Gasteiger partial charge in [0.05, 0.1) is 29.9 Å². The van der Waals surface area contributed by atoms with Gasteiger partial charge in [0, 0.05) is 36.1 Å². The second kappa shape index (κ2) is 9.97. The number of halogens is 4. The van der Waals surface area contributed by atoms with Crippen molar-refractivity contribution in [3.8, 4) is 17.0 Å². The molecular formula is C25H24F4N4O2. The molecule has 1 fully saturated rings. The lowest BCUT2D eigenvalue weighted by molar-refractivity contribution is -0.0384. The molecule has 6 nitrogen and oxygen atoms in total. The van der Waals surface area contributed by atoms with Gasteiger partial charge in [-0.15, -0.1) is 0 Å². The Balaban J connectivity index is 1.72. The molecule has 0 unspecified atom stereocenters. The summed E-state index contributed by atoms with van der Waals surface area (Å²) < 4.78 is 61.6. The number of hydrogen-bond acceptors (Lipinski definition) is 5. The highest BCUT2D eigenvalue weighted by Crippen LogP contribution is 2.44. The number of hydrogen-bond donors (Lipinski definition) is 1. The Hall–Kier alpha value is -3.56. The van der Waals surface area contributed by atoms with Crippen molar-refractivity contribution in [1.82, 2.24) is 15.0 Å². The van der Waals surface area contributed by atoms with Gasteiger partial charge in [-0.05, 0) is 51.0 Å². The lowest BCUT2D eigenvalue weighted by Crippen LogP contribution is -2.25. The average Bonchev–Trinajstić information content (AvgIpc) is 2.81. The number of nitrogens with zero attached hydrogens (tertiary/aromatic N) is 3. The van der Waals surface area contributed by atoms with E-state index in [4.69, 9.17) is 4.74 Å². The zero-order valence-electron chi connectivity index (χ0n) is 19.2. The molecule has 3 aromatic rings. The molecule has 0 aliphatic heterocycles. The van der Waals surface area contributed by atoms with Crippen molar-refractivity contribution in [3.05, 3.63) is 65.9 Å². The summed E-state index contributed by atoms with van der Waals surface area (Å²) in [5.74, 6) is -4.95. The zero-order chi connectivity index (χ0) is 25.2. The summed E-state index contributed by atoms with van der Waals surface area (Å²) in [5.41, 5.74) is 0.517. The molecule has 0 atom stereocenters. The van der Waals surface area contributed by atoms with Crippen molar-refractivity contribution < 1.29 is 27.1 Å². The van der Waals surface area contributed by atoms with Crippen LogP contribution < -0.4 is 10.1 Å². The minimum atomic E-state index is -2.76. The molecule has 184 valence electrons. The van der Waals surface area contributed by atoms with Crippen LogP contribution in [0.4, 0.5) is 23.2 Å². The molecule has 1 N–H and O–H groups in total. The third kappa shape index (κ3) is 5.75. The first-order chi connectivity index (χ1) is 16.6. The van der Waals surface area contributed by atoms with Gasteiger partial charge in [0.2, 0.25) is 11.8 Å². The van der Waals surface area contributed by atoms with Crippen LogP contribution in [0.5, 0.6) is 5.88 Å².